The smallest absolute Gasteiger partial charge is 0.335 e. The number of halogens is 1. The van der Waals surface area contributed by atoms with Crippen LogP contribution in [-0.4, -0.2) is 26.8 Å². The van der Waals surface area contributed by atoms with Gasteiger partial charge in [0.25, 0.3) is 0 Å². The first-order chi connectivity index (χ1) is 15.5. The van der Waals surface area contributed by atoms with Gasteiger partial charge in [-0.05, 0) is 66.7 Å². The van der Waals surface area contributed by atoms with Crippen molar-refractivity contribution in [2.24, 2.45) is 0 Å². The van der Waals surface area contributed by atoms with Crippen molar-refractivity contribution in [1.29, 1.82) is 0 Å². The maximum absolute atomic E-state index is 13.4. The molecule has 0 atom stereocenters. The summed E-state index contributed by atoms with van der Waals surface area (Å²) >= 11 is 0. The van der Waals surface area contributed by atoms with Crippen LogP contribution in [0.25, 0.3) is 23.0 Å². The number of hydrogen-bond donors (Lipinski definition) is 2. The van der Waals surface area contributed by atoms with Gasteiger partial charge in [-0.3, -0.25) is 4.79 Å². The van der Waals surface area contributed by atoms with Crippen LogP contribution in [0, 0.1) is 5.82 Å². The van der Waals surface area contributed by atoms with E-state index >= 15 is 0 Å². The van der Waals surface area contributed by atoms with E-state index in [4.69, 9.17) is 5.11 Å². The zero-order valence-electron chi connectivity index (χ0n) is 16.8. The summed E-state index contributed by atoms with van der Waals surface area (Å²) in [5.41, 5.74) is 3.45. The molecule has 6 nitrogen and oxygen atoms in total. The van der Waals surface area contributed by atoms with Crippen molar-refractivity contribution < 1.29 is 19.1 Å². The van der Waals surface area contributed by atoms with Crippen LogP contribution in [-0.2, 0) is 4.79 Å². The Kier molecular flexibility index (Phi) is 5.89. The molecule has 1 heterocycles. The molecule has 1 aromatic heterocycles. The lowest BCUT2D eigenvalue weighted by molar-refractivity contribution is -0.111. The van der Waals surface area contributed by atoms with Crippen molar-refractivity contribution in [3.05, 3.63) is 108 Å². The van der Waals surface area contributed by atoms with Crippen LogP contribution in [0.4, 0.5) is 10.1 Å². The molecule has 32 heavy (non-hydrogen) atoms. The van der Waals surface area contributed by atoms with E-state index in [0.29, 0.717) is 22.5 Å². The van der Waals surface area contributed by atoms with Crippen molar-refractivity contribution in [3.8, 4) is 16.9 Å². The normalized spacial score (nSPS) is 10.9. The number of carbonyl (C=O) groups excluding carboxylic acids is 1. The van der Waals surface area contributed by atoms with E-state index < -0.39 is 5.97 Å². The largest absolute Gasteiger partial charge is 0.478 e. The number of nitrogens with zero attached hydrogens (tertiary/aromatic N) is 2. The van der Waals surface area contributed by atoms with Gasteiger partial charge in [-0.2, -0.15) is 5.10 Å². The minimum atomic E-state index is -1.04. The lowest BCUT2D eigenvalue weighted by atomic mass is 10.1. The predicted molar refractivity (Wildman–Crippen MR) is 120 cm³/mol. The molecule has 0 unspecified atom stereocenters. The Morgan fingerprint density at radius 3 is 2.28 bits per heavy atom. The van der Waals surface area contributed by atoms with Crippen molar-refractivity contribution in [3.63, 3.8) is 0 Å². The van der Waals surface area contributed by atoms with Crippen molar-refractivity contribution >= 4 is 23.6 Å². The third-order valence-electron chi connectivity index (χ3n) is 4.69. The van der Waals surface area contributed by atoms with Gasteiger partial charge in [0, 0.05) is 29.1 Å². The maximum Gasteiger partial charge on any atom is 0.335 e. The van der Waals surface area contributed by atoms with Crippen molar-refractivity contribution in [1.82, 2.24) is 9.78 Å². The molecule has 4 aromatic rings. The molecule has 4 rings (SSSR count). The molecule has 0 radical (unpaired) electrons. The standard InChI is InChI=1S/C25H18FN3O3/c26-20-11-6-17(7-12-20)24-19(16-29(28-24)22-4-2-1-3-5-22)10-15-23(30)27-21-13-8-18(9-14-21)25(31)32/h1-16H,(H,27,30)(H,31,32)/b15-10-. The summed E-state index contributed by atoms with van der Waals surface area (Å²) in [6.07, 6.45) is 4.79. The zero-order valence-corrected chi connectivity index (χ0v) is 16.8. The fourth-order valence-corrected chi connectivity index (χ4v) is 3.10. The van der Waals surface area contributed by atoms with Crippen LogP contribution in [0.2, 0.25) is 0 Å². The topological polar surface area (TPSA) is 84.2 Å². The number of para-hydroxylation sites is 1. The molecule has 7 heteroatoms. The SMILES string of the molecule is O=C(/C=C\c1cn(-c2ccccc2)nc1-c1ccc(F)cc1)Nc1ccc(C(=O)O)cc1. The summed E-state index contributed by atoms with van der Waals surface area (Å²) in [5, 5.41) is 16.3. The molecular formula is C25H18FN3O3. The van der Waals surface area contributed by atoms with E-state index in [9.17, 15) is 14.0 Å². The number of aromatic carboxylic acids is 1. The fraction of sp³-hybridized carbons (Fsp3) is 0. The molecule has 0 saturated heterocycles. The van der Waals surface area contributed by atoms with E-state index in [-0.39, 0.29) is 17.3 Å². The molecule has 0 fully saturated rings. The number of aromatic nitrogens is 2. The van der Waals surface area contributed by atoms with E-state index in [1.807, 2.05) is 30.3 Å². The predicted octanol–water partition coefficient (Wildman–Crippen LogP) is 5.03. The molecule has 158 valence electrons. The second kappa shape index (κ2) is 9.09. The van der Waals surface area contributed by atoms with Crippen LogP contribution in [0.3, 0.4) is 0 Å². The summed E-state index contributed by atoms with van der Waals surface area (Å²) in [5.74, 6) is -1.77. The number of rotatable bonds is 6. The summed E-state index contributed by atoms with van der Waals surface area (Å²) in [6, 6.07) is 21.4. The van der Waals surface area contributed by atoms with Gasteiger partial charge < -0.3 is 10.4 Å². The number of carboxylic acids is 1. The molecule has 1 amide bonds. The van der Waals surface area contributed by atoms with Crippen LogP contribution >= 0.6 is 0 Å². The molecule has 2 N–H and O–H groups in total. The molecule has 0 aliphatic carbocycles. The van der Waals surface area contributed by atoms with E-state index in [1.54, 1.807) is 29.1 Å². The average Bonchev–Trinajstić information content (AvgIpc) is 3.23. The number of hydrogen-bond acceptors (Lipinski definition) is 3. The molecule has 0 spiro atoms. The van der Waals surface area contributed by atoms with Gasteiger partial charge >= 0.3 is 5.97 Å². The highest BCUT2D eigenvalue weighted by molar-refractivity contribution is 6.02. The third-order valence-corrected chi connectivity index (χ3v) is 4.69. The van der Waals surface area contributed by atoms with Crippen LogP contribution in [0.15, 0.2) is 91.1 Å². The van der Waals surface area contributed by atoms with E-state index in [1.165, 1.54) is 42.5 Å². The first-order valence-corrected chi connectivity index (χ1v) is 9.73. The fourth-order valence-electron chi connectivity index (χ4n) is 3.10. The summed E-state index contributed by atoms with van der Waals surface area (Å²) in [6.45, 7) is 0. The zero-order chi connectivity index (χ0) is 22.5. The monoisotopic (exact) mass is 427 g/mol. The summed E-state index contributed by atoms with van der Waals surface area (Å²) < 4.78 is 15.1. The number of benzene rings is 3. The quantitative estimate of drug-likeness (QED) is 0.423. The Hall–Kier alpha value is -4.52. The van der Waals surface area contributed by atoms with Crippen LogP contribution < -0.4 is 5.32 Å². The lowest BCUT2D eigenvalue weighted by Crippen LogP contribution is -2.08. The highest BCUT2D eigenvalue weighted by Gasteiger charge is 2.11. The first-order valence-electron chi connectivity index (χ1n) is 9.73. The Balaban J connectivity index is 1.60. The second-order valence-electron chi connectivity index (χ2n) is 6.93. The van der Waals surface area contributed by atoms with Crippen molar-refractivity contribution in [2.75, 3.05) is 5.32 Å². The van der Waals surface area contributed by atoms with Gasteiger partial charge in [-0.1, -0.05) is 18.2 Å². The van der Waals surface area contributed by atoms with E-state index in [2.05, 4.69) is 10.4 Å². The first kappa shape index (κ1) is 20.7. The molecule has 0 aliphatic heterocycles. The second-order valence-corrected chi connectivity index (χ2v) is 6.93. The van der Waals surface area contributed by atoms with Gasteiger partial charge in [0.15, 0.2) is 0 Å². The number of carbonyl (C=O) groups is 2. The highest BCUT2D eigenvalue weighted by Crippen LogP contribution is 2.25. The number of anilines is 1. The van der Waals surface area contributed by atoms with Gasteiger partial charge in [-0.15, -0.1) is 0 Å². The van der Waals surface area contributed by atoms with Gasteiger partial charge in [0.1, 0.15) is 5.82 Å². The molecule has 0 aliphatic rings. The van der Waals surface area contributed by atoms with Gasteiger partial charge in [0.2, 0.25) is 5.91 Å². The van der Waals surface area contributed by atoms with Gasteiger partial charge in [0.05, 0.1) is 16.9 Å². The van der Waals surface area contributed by atoms with Crippen LogP contribution in [0.1, 0.15) is 15.9 Å². The van der Waals surface area contributed by atoms with Crippen LogP contribution in [0.5, 0.6) is 0 Å². The molecular weight excluding hydrogens is 409 g/mol. The summed E-state index contributed by atoms with van der Waals surface area (Å²) in [4.78, 5) is 23.3. The lowest BCUT2D eigenvalue weighted by Gasteiger charge is -2.02. The minimum Gasteiger partial charge on any atom is -0.478 e. The Morgan fingerprint density at radius 2 is 1.62 bits per heavy atom. The number of amides is 1. The Morgan fingerprint density at radius 1 is 0.938 bits per heavy atom. The molecule has 3 aromatic carbocycles. The average molecular weight is 427 g/mol. The minimum absolute atomic E-state index is 0.135. The summed E-state index contributed by atoms with van der Waals surface area (Å²) in [7, 11) is 0. The van der Waals surface area contributed by atoms with Crippen molar-refractivity contribution in [2.45, 2.75) is 0 Å². The third kappa shape index (κ3) is 4.79. The van der Waals surface area contributed by atoms with Gasteiger partial charge in [-0.25, -0.2) is 13.9 Å². The molecule has 0 saturated carbocycles. The Bertz CT molecular complexity index is 1280. The Labute approximate surface area is 183 Å². The highest BCUT2D eigenvalue weighted by atomic mass is 19.1. The number of nitrogens with one attached hydrogen (secondary N) is 1. The maximum atomic E-state index is 13.4. The number of carboxylic acid groups (broad SMARTS) is 1. The molecule has 0 bridgehead atoms. The van der Waals surface area contributed by atoms with E-state index in [0.717, 1.165) is 5.69 Å².